The summed E-state index contributed by atoms with van der Waals surface area (Å²) in [5.74, 6) is 0.390. The highest BCUT2D eigenvalue weighted by molar-refractivity contribution is 5.78. The van der Waals surface area contributed by atoms with E-state index in [1.54, 1.807) is 0 Å². The lowest BCUT2D eigenvalue weighted by molar-refractivity contribution is -0.125. The van der Waals surface area contributed by atoms with Crippen molar-refractivity contribution in [3.8, 4) is 0 Å². The Morgan fingerprint density at radius 1 is 1.33 bits per heavy atom. The van der Waals surface area contributed by atoms with E-state index in [2.05, 4.69) is 19.2 Å². The number of hydrogen-bond acceptors (Lipinski definition) is 1. The van der Waals surface area contributed by atoms with Crippen LogP contribution in [0.25, 0.3) is 0 Å². The normalized spacial score (nSPS) is 22.1. The molecule has 1 aliphatic carbocycles. The van der Waals surface area contributed by atoms with Crippen molar-refractivity contribution in [2.45, 2.75) is 59.3 Å². The molecule has 1 rings (SSSR count). The molecule has 1 amide bonds. The fraction of sp³-hybridized carbons (Fsp3) is 0.923. The van der Waals surface area contributed by atoms with E-state index in [0.29, 0.717) is 5.41 Å². The highest BCUT2D eigenvalue weighted by atomic mass is 16.1. The summed E-state index contributed by atoms with van der Waals surface area (Å²) in [6, 6.07) is 0. The smallest absolute Gasteiger partial charge is 0.222 e. The molecule has 15 heavy (non-hydrogen) atoms. The van der Waals surface area contributed by atoms with E-state index in [1.807, 2.05) is 6.92 Å². The molecule has 0 aromatic heterocycles. The number of nitrogens with one attached hydrogen (secondary N) is 1. The van der Waals surface area contributed by atoms with Crippen molar-refractivity contribution in [3.63, 3.8) is 0 Å². The van der Waals surface area contributed by atoms with Crippen LogP contribution in [-0.4, -0.2) is 12.5 Å². The minimum Gasteiger partial charge on any atom is -0.355 e. The van der Waals surface area contributed by atoms with Gasteiger partial charge < -0.3 is 5.32 Å². The molecule has 1 aliphatic rings. The van der Waals surface area contributed by atoms with Gasteiger partial charge in [-0.1, -0.05) is 40.0 Å². The molecule has 1 fully saturated rings. The van der Waals surface area contributed by atoms with Crippen molar-refractivity contribution in [2.75, 3.05) is 6.54 Å². The summed E-state index contributed by atoms with van der Waals surface area (Å²) in [6.07, 6.45) is 7.50. The Morgan fingerprint density at radius 3 is 2.47 bits per heavy atom. The van der Waals surface area contributed by atoms with Crippen molar-refractivity contribution in [1.29, 1.82) is 0 Å². The van der Waals surface area contributed by atoms with Gasteiger partial charge in [0.25, 0.3) is 0 Å². The molecule has 0 aromatic rings. The number of carbonyl (C=O) groups excluding carboxylic acids is 1. The highest BCUT2D eigenvalue weighted by Crippen LogP contribution is 2.34. The van der Waals surface area contributed by atoms with Gasteiger partial charge in [-0.3, -0.25) is 4.79 Å². The molecule has 2 nitrogen and oxygen atoms in total. The van der Waals surface area contributed by atoms with Gasteiger partial charge in [-0.25, -0.2) is 0 Å². The predicted molar refractivity (Wildman–Crippen MR) is 63.7 cm³/mol. The highest BCUT2D eigenvalue weighted by Gasteiger charge is 2.27. The van der Waals surface area contributed by atoms with E-state index in [1.165, 1.54) is 32.1 Å². The van der Waals surface area contributed by atoms with E-state index in [9.17, 15) is 4.79 Å². The molecule has 0 saturated heterocycles. The van der Waals surface area contributed by atoms with Gasteiger partial charge in [0.2, 0.25) is 5.91 Å². The molecule has 1 atom stereocenters. The van der Waals surface area contributed by atoms with Crippen LogP contribution in [0.15, 0.2) is 0 Å². The lowest BCUT2D eigenvalue weighted by Crippen LogP contribution is -2.39. The van der Waals surface area contributed by atoms with Gasteiger partial charge in [0.05, 0.1) is 0 Å². The second-order valence-corrected chi connectivity index (χ2v) is 5.40. The summed E-state index contributed by atoms with van der Waals surface area (Å²) >= 11 is 0. The predicted octanol–water partition coefficient (Wildman–Crippen LogP) is 3.12. The molecular weight excluding hydrogens is 186 g/mol. The summed E-state index contributed by atoms with van der Waals surface area (Å²) in [5, 5.41) is 3.10. The molecule has 1 saturated carbocycles. The third-order valence-electron chi connectivity index (χ3n) is 3.81. The lowest BCUT2D eigenvalue weighted by Gasteiger charge is -2.34. The van der Waals surface area contributed by atoms with Crippen molar-refractivity contribution >= 4 is 5.91 Å². The Bertz CT molecular complexity index is 207. The average Bonchev–Trinajstić information content (AvgIpc) is 2.26. The average molecular weight is 211 g/mol. The van der Waals surface area contributed by atoms with Gasteiger partial charge in [0.15, 0.2) is 0 Å². The van der Waals surface area contributed by atoms with Crippen LogP contribution in [0.2, 0.25) is 0 Å². The van der Waals surface area contributed by atoms with Crippen LogP contribution in [-0.2, 0) is 4.79 Å². The molecule has 0 bridgehead atoms. The zero-order chi connectivity index (χ0) is 11.3. The molecule has 0 heterocycles. The van der Waals surface area contributed by atoms with Gasteiger partial charge in [-0.15, -0.1) is 0 Å². The molecule has 88 valence electrons. The second kappa shape index (κ2) is 5.53. The maximum Gasteiger partial charge on any atom is 0.222 e. The molecule has 0 spiro atoms. The van der Waals surface area contributed by atoms with Crippen LogP contribution in [0.3, 0.4) is 0 Å². The Labute approximate surface area is 93.8 Å². The quantitative estimate of drug-likeness (QED) is 0.760. The van der Waals surface area contributed by atoms with E-state index >= 15 is 0 Å². The fourth-order valence-electron chi connectivity index (χ4n) is 2.24. The first-order valence-electron chi connectivity index (χ1n) is 6.35. The Hall–Kier alpha value is -0.530. The lowest BCUT2D eigenvalue weighted by atomic mass is 9.75. The summed E-state index contributed by atoms with van der Waals surface area (Å²) in [5.41, 5.74) is 0.362. The van der Waals surface area contributed by atoms with Crippen LogP contribution in [0.5, 0.6) is 0 Å². The van der Waals surface area contributed by atoms with Gasteiger partial charge in [0.1, 0.15) is 0 Å². The molecule has 1 unspecified atom stereocenters. The zero-order valence-electron chi connectivity index (χ0n) is 10.4. The first-order valence-corrected chi connectivity index (χ1v) is 6.35. The summed E-state index contributed by atoms with van der Waals surface area (Å²) < 4.78 is 0. The fourth-order valence-corrected chi connectivity index (χ4v) is 2.24. The SMILES string of the molecule is CCC(C)C(=O)NCC1(C)CCCCC1. The largest absolute Gasteiger partial charge is 0.355 e. The van der Waals surface area contributed by atoms with Crippen molar-refractivity contribution in [2.24, 2.45) is 11.3 Å². The number of hydrogen-bond donors (Lipinski definition) is 1. The number of amides is 1. The van der Waals surface area contributed by atoms with Crippen LogP contribution < -0.4 is 5.32 Å². The van der Waals surface area contributed by atoms with Crippen LogP contribution in [0.4, 0.5) is 0 Å². The Kier molecular flexibility index (Phi) is 4.62. The molecule has 2 heteroatoms. The monoisotopic (exact) mass is 211 g/mol. The van der Waals surface area contributed by atoms with Gasteiger partial charge in [-0.2, -0.15) is 0 Å². The van der Waals surface area contributed by atoms with Crippen molar-refractivity contribution in [3.05, 3.63) is 0 Å². The topological polar surface area (TPSA) is 29.1 Å². The van der Waals surface area contributed by atoms with Gasteiger partial charge >= 0.3 is 0 Å². The summed E-state index contributed by atoms with van der Waals surface area (Å²) in [7, 11) is 0. The first kappa shape index (κ1) is 12.5. The summed E-state index contributed by atoms with van der Waals surface area (Å²) in [6.45, 7) is 7.24. The molecular formula is C13H25NO. The minimum atomic E-state index is 0.164. The minimum absolute atomic E-state index is 0.164. The second-order valence-electron chi connectivity index (χ2n) is 5.40. The van der Waals surface area contributed by atoms with E-state index < -0.39 is 0 Å². The van der Waals surface area contributed by atoms with Crippen LogP contribution in [0, 0.1) is 11.3 Å². The van der Waals surface area contributed by atoms with Crippen molar-refractivity contribution < 1.29 is 4.79 Å². The van der Waals surface area contributed by atoms with E-state index in [-0.39, 0.29) is 11.8 Å². The van der Waals surface area contributed by atoms with Gasteiger partial charge in [0, 0.05) is 12.5 Å². The van der Waals surface area contributed by atoms with Crippen LogP contribution >= 0.6 is 0 Å². The number of rotatable bonds is 4. The zero-order valence-corrected chi connectivity index (χ0v) is 10.4. The summed E-state index contributed by atoms with van der Waals surface area (Å²) in [4.78, 5) is 11.6. The third kappa shape index (κ3) is 3.84. The Morgan fingerprint density at radius 2 is 1.93 bits per heavy atom. The maximum absolute atomic E-state index is 11.6. The van der Waals surface area contributed by atoms with Gasteiger partial charge in [-0.05, 0) is 24.7 Å². The van der Waals surface area contributed by atoms with Crippen molar-refractivity contribution in [1.82, 2.24) is 5.32 Å². The van der Waals surface area contributed by atoms with Crippen LogP contribution in [0.1, 0.15) is 59.3 Å². The molecule has 1 N–H and O–H groups in total. The van der Waals surface area contributed by atoms with E-state index in [4.69, 9.17) is 0 Å². The standard InChI is InChI=1S/C13H25NO/c1-4-11(2)12(15)14-10-13(3)8-6-5-7-9-13/h11H,4-10H2,1-3H3,(H,14,15). The molecule has 0 aliphatic heterocycles. The number of carbonyl (C=O) groups is 1. The molecule has 0 radical (unpaired) electrons. The van der Waals surface area contributed by atoms with E-state index in [0.717, 1.165) is 13.0 Å². The first-order chi connectivity index (χ1) is 7.07. The Balaban J connectivity index is 2.31. The maximum atomic E-state index is 11.6. The third-order valence-corrected chi connectivity index (χ3v) is 3.81. The molecule has 0 aromatic carbocycles.